The summed E-state index contributed by atoms with van der Waals surface area (Å²) in [5, 5.41) is 12.1. The summed E-state index contributed by atoms with van der Waals surface area (Å²) in [5.74, 6) is -1.34. The fourth-order valence-corrected chi connectivity index (χ4v) is 2.05. The molecule has 7 heteroatoms. The van der Waals surface area contributed by atoms with Crippen LogP contribution in [0.1, 0.15) is 36.7 Å². The topological polar surface area (TPSA) is 106 Å². The highest BCUT2D eigenvalue weighted by Crippen LogP contribution is 2.16. The number of amides is 1. The molecule has 0 fully saturated rings. The fraction of sp³-hybridized carbons (Fsp3) is 0.278. The van der Waals surface area contributed by atoms with Crippen LogP contribution in [0.3, 0.4) is 0 Å². The number of carboxylic acid groups (broad SMARTS) is 1. The van der Waals surface area contributed by atoms with Gasteiger partial charge in [0.05, 0.1) is 0 Å². The Morgan fingerprint density at radius 1 is 1.28 bits per heavy atom. The number of benzene rings is 1. The molecule has 0 saturated carbocycles. The normalized spacial score (nSPS) is 11.6. The van der Waals surface area contributed by atoms with Gasteiger partial charge in [0, 0.05) is 11.9 Å². The standard InChI is InChI=1S/C18H19NO6/c1-18(2,3)25-17(23)19-8-4-5-11-6-7-14-12(9-11)10-13(15(20)21)16(22)24-14/h4-7,9-10H,8H2,1-3H3,(H,19,23)(H,20,21). The number of carbonyl (C=O) groups excluding carboxylic acids is 1. The summed E-state index contributed by atoms with van der Waals surface area (Å²) in [6.45, 7) is 5.61. The van der Waals surface area contributed by atoms with Gasteiger partial charge in [0.2, 0.25) is 0 Å². The van der Waals surface area contributed by atoms with Crippen molar-refractivity contribution in [2.75, 3.05) is 6.54 Å². The van der Waals surface area contributed by atoms with Crippen molar-refractivity contribution in [2.45, 2.75) is 26.4 Å². The van der Waals surface area contributed by atoms with Crippen molar-refractivity contribution in [1.29, 1.82) is 0 Å². The molecule has 132 valence electrons. The first-order chi connectivity index (χ1) is 11.7. The summed E-state index contributed by atoms with van der Waals surface area (Å²) in [7, 11) is 0. The predicted octanol–water partition coefficient (Wildman–Crippen LogP) is 3.03. The maximum atomic E-state index is 11.5. The smallest absolute Gasteiger partial charge is 0.407 e. The Morgan fingerprint density at radius 3 is 2.64 bits per heavy atom. The molecule has 0 bridgehead atoms. The van der Waals surface area contributed by atoms with E-state index >= 15 is 0 Å². The SMILES string of the molecule is CC(C)(C)OC(=O)NCC=Cc1ccc2oc(=O)c(C(=O)O)cc2c1. The Labute approximate surface area is 143 Å². The van der Waals surface area contributed by atoms with Gasteiger partial charge >= 0.3 is 17.7 Å². The van der Waals surface area contributed by atoms with Crippen LogP contribution in [0.4, 0.5) is 4.79 Å². The minimum absolute atomic E-state index is 0.275. The highest BCUT2D eigenvalue weighted by molar-refractivity contribution is 5.92. The minimum Gasteiger partial charge on any atom is -0.477 e. The van der Waals surface area contributed by atoms with Crippen molar-refractivity contribution in [3.05, 3.63) is 51.9 Å². The van der Waals surface area contributed by atoms with Crippen molar-refractivity contribution < 1.29 is 23.8 Å². The zero-order valence-corrected chi connectivity index (χ0v) is 14.2. The van der Waals surface area contributed by atoms with Gasteiger partial charge < -0.3 is 19.6 Å². The number of aromatic carboxylic acids is 1. The van der Waals surface area contributed by atoms with Gasteiger partial charge in [-0.25, -0.2) is 14.4 Å². The summed E-state index contributed by atoms with van der Waals surface area (Å²) in [4.78, 5) is 34.0. The van der Waals surface area contributed by atoms with E-state index in [0.717, 1.165) is 5.56 Å². The lowest BCUT2D eigenvalue weighted by atomic mass is 10.1. The largest absolute Gasteiger partial charge is 0.477 e. The van der Waals surface area contributed by atoms with Crippen LogP contribution in [0.5, 0.6) is 0 Å². The summed E-state index contributed by atoms with van der Waals surface area (Å²) in [5.41, 5.74) is -0.787. The molecular formula is C18H19NO6. The third kappa shape index (κ3) is 5.20. The number of rotatable bonds is 4. The van der Waals surface area contributed by atoms with Crippen LogP contribution in [-0.4, -0.2) is 29.3 Å². The molecule has 25 heavy (non-hydrogen) atoms. The van der Waals surface area contributed by atoms with E-state index in [1.54, 1.807) is 51.1 Å². The molecular weight excluding hydrogens is 326 g/mol. The second-order valence-electron chi connectivity index (χ2n) is 6.34. The van der Waals surface area contributed by atoms with Crippen molar-refractivity contribution in [2.24, 2.45) is 0 Å². The van der Waals surface area contributed by atoms with E-state index in [1.165, 1.54) is 6.07 Å². The first-order valence-corrected chi connectivity index (χ1v) is 7.60. The molecule has 7 nitrogen and oxygen atoms in total. The Kier molecular flexibility index (Phi) is 5.26. The summed E-state index contributed by atoms with van der Waals surface area (Å²) in [6, 6.07) is 6.27. The maximum absolute atomic E-state index is 11.5. The van der Waals surface area contributed by atoms with Gasteiger partial charge in [-0.1, -0.05) is 18.2 Å². The molecule has 1 aromatic carbocycles. The summed E-state index contributed by atoms with van der Waals surface area (Å²) >= 11 is 0. The second-order valence-corrected chi connectivity index (χ2v) is 6.34. The highest BCUT2D eigenvalue weighted by Gasteiger charge is 2.15. The molecule has 1 amide bonds. The molecule has 0 spiro atoms. The lowest BCUT2D eigenvalue weighted by Crippen LogP contribution is -2.32. The predicted molar refractivity (Wildman–Crippen MR) is 92.7 cm³/mol. The Morgan fingerprint density at radius 2 is 2.00 bits per heavy atom. The molecule has 0 aliphatic carbocycles. The first kappa shape index (κ1) is 18.3. The van der Waals surface area contributed by atoms with E-state index < -0.39 is 28.9 Å². The van der Waals surface area contributed by atoms with E-state index in [-0.39, 0.29) is 6.54 Å². The summed E-state index contributed by atoms with van der Waals surface area (Å²) in [6.07, 6.45) is 2.97. The summed E-state index contributed by atoms with van der Waals surface area (Å²) < 4.78 is 10.1. The molecule has 0 aliphatic heterocycles. The average molecular weight is 345 g/mol. The molecule has 1 heterocycles. The molecule has 2 rings (SSSR count). The number of nitrogens with one attached hydrogen (secondary N) is 1. The number of alkyl carbamates (subject to hydrolysis) is 1. The fourth-order valence-electron chi connectivity index (χ4n) is 2.05. The van der Waals surface area contributed by atoms with Crippen molar-refractivity contribution in [3.8, 4) is 0 Å². The first-order valence-electron chi connectivity index (χ1n) is 7.60. The van der Waals surface area contributed by atoms with E-state index in [4.69, 9.17) is 14.3 Å². The van der Waals surface area contributed by atoms with Gasteiger partial charge in [0.25, 0.3) is 0 Å². The van der Waals surface area contributed by atoms with Gasteiger partial charge in [-0.05, 0) is 44.5 Å². The third-order valence-corrected chi connectivity index (χ3v) is 3.06. The maximum Gasteiger partial charge on any atom is 0.407 e. The van der Waals surface area contributed by atoms with E-state index in [9.17, 15) is 14.4 Å². The van der Waals surface area contributed by atoms with Crippen molar-refractivity contribution >= 4 is 29.1 Å². The number of ether oxygens (including phenoxy) is 1. The third-order valence-electron chi connectivity index (χ3n) is 3.06. The Hall–Kier alpha value is -3.09. The number of hydrogen-bond donors (Lipinski definition) is 2. The van der Waals surface area contributed by atoms with Gasteiger partial charge in [-0.3, -0.25) is 0 Å². The number of hydrogen-bond acceptors (Lipinski definition) is 5. The van der Waals surface area contributed by atoms with Crippen LogP contribution >= 0.6 is 0 Å². The second kappa shape index (κ2) is 7.21. The molecule has 1 aromatic heterocycles. The van der Waals surface area contributed by atoms with E-state index in [1.807, 2.05) is 0 Å². The van der Waals surface area contributed by atoms with Gasteiger partial charge in [0.15, 0.2) is 0 Å². The molecule has 0 radical (unpaired) electrons. The Balaban J connectivity index is 2.08. The van der Waals surface area contributed by atoms with E-state index in [0.29, 0.717) is 11.0 Å². The van der Waals surface area contributed by atoms with Crippen molar-refractivity contribution in [3.63, 3.8) is 0 Å². The van der Waals surface area contributed by atoms with Crippen LogP contribution in [0, 0.1) is 0 Å². The molecule has 2 N–H and O–H groups in total. The van der Waals surface area contributed by atoms with Crippen LogP contribution in [0.15, 0.2) is 39.6 Å². The molecule has 0 saturated heterocycles. The number of carboxylic acids is 1. The van der Waals surface area contributed by atoms with Crippen LogP contribution < -0.4 is 10.9 Å². The zero-order valence-electron chi connectivity index (χ0n) is 14.2. The zero-order chi connectivity index (χ0) is 18.6. The molecule has 0 unspecified atom stereocenters. The molecule has 2 aromatic rings. The lowest BCUT2D eigenvalue weighted by Gasteiger charge is -2.19. The Bertz CT molecular complexity index is 889. The highest BCUT2D eigenvalue weighted by atomic mass is 16.6. The quantitative estimate of drug-likeness (QED) is 0.825. The number of fused-ring (bicyclic) bond motifs is 1. The average Bonchev–Trinajstić information content (AvgIpc) is 2.49. The minimum atomic E-state index is -1.34. The van der Waals surface area contributed by atoms with Gasteiger partial charge in [-0.15, -0.1) is 0 Å². The lowest BCUT2D eigenvalue weighted by molar-refractivity contribution is 0.0533. The van der Waals surface area contributed by atoms with Crippen molar-refractivity contribution in [1.82, 2.24) is 5.32 Å². The molecule has 0 aliphatic rings. The van der Waals surface area contributed by atoms with E-state index in [2.05, 4.69) is 5.32 Å². The van der Waals surface area contributed by atoms with Crippen LogP contribution in [0.25, 0.3) is 17.0 Å². The monoisotopic (exact) mass is 345 g/mol. The molecule has 0 atom stereocenters. The van der Waals surface area contributed by atoms with Crippen LogP contribution in [-0.2, 0) is 4.74 Å². The van der Waals surface area contributed by atoms with Gasteiger partial charge in [0.1, 0.15) is 16.7 Å². The van der Waals surface area contributed by atoms with Crippen LogP contribution in [0.2, 0.25) is 0 Å². The number of carbonyl (C=O) groups is 2. The van der Waals surface area contributed by atoms with Gasteiger partial charge in [-0.2, -0.15) is 0 Å².